The molecule has 2 aromatic rings. The quantitative estimate of drug-likeness (QED) is 0.690. The maximum absolute atomic E-state index is 12.7. The van der Waals surface area contributed by atoms with E-state index in [1.807, 2.05) is 31.2 Å². The van der Waals surface area contributed by atoms with Crippen molar-refractivity contribution in [2.45, 2.75) is 38.4 Å². The number of halogens is 1. The van der Waals surface area contributed by atoms with Crippen LogP contribution in [-0.4, -0.2) is 22.8 Å². The number of carbonyl (C=O) groups is 1. The maximum Gasteiger partial charge on any atom is 0.179 e. The number of carbonyl (C=O) groups excluding carboxylic acids is 1. The van der Waals surface area contributed by atoms with E-state index < -0.39 is 0 Å². The summed E-state index contributed by atoms with van der Waals surface area (Å²) in [5.41, 5.74) is 0.794. The predicted molar refractivity (Wildman–Crippen MR) is 90.8 cm³/mol. The SMILES string of the molecule is CC(C(=O)c1ccc(Br)cc1)N(Cc1cccs1)C1CC1. The first kappa shape index (κ1) is 14.9. The van der Waals surface area contributed by atoms with Crippen LogP contribution in [0.25, 0.3) is 0 Å². The standard InChI is InChI=1S/C17H18BrNOS/c1-12(17(20)13-4-6-14(18)7-5-13)19(15-8-9-15)11-16-3-2-10-21-16/h2-7,10,12,15H,8-9,11H2,1H3. The van der Waals surface area contributed by atoms with Gasteiger partial charge in [0.15, 0.2) is 5.78 Å². The lowest BCUT2D eigenvalue weighted by Crippen LogP contribution is -2.40. The predicted octanol–water partition coefficient (Wildman–Crippen LogP) is 4.75. The molecule has 4 heteroatoms. The topological polar surface area (TPSA) is 20.3 Å². The van der Waals surface area contributed by atoms with Gasteiger partial charge in [-0.25, -0.2) is 0 Å². The van der Waals surface area contributed by atoms with Crippen molar-refractivity contribution in [3.63, 3.8) is 0 Å². The highest BCUT2D eigenvalue weighted by Gasteiger charge is 2.35. The number of benzene rings is 1. The number of ketones is 1. The Labute approximate surface area is 137 Å². The number of nitrogens with zero attached hydrogens (tertiary/aromatic N) is 1. The van der Waals surface area contributed by atoms with Gasteiger partial charge in [-0.15, -0.1) is 11.3 Å². The van der Waals surface area contributed by atoms with E-state index in [1.54, 1.807) is 11.3 Å². The van der Waals surface area contributed by atoms with Crippen LogP contribution in [0, 0.1) is 0 Å². The van der Waals surface area contributed by atoms with Crippen molar-refractivity contribution in [1.82, 2.24) is 4.90 Å². The van der Waals surface area contributed by atoms with Crippen molar-refractivity contribution in [2.75, 3.05) is 0 Å². The number of hydrogen-bond donors (Lipinski definition) is 0. The van der Waals surface area contributed by atoms with E-state index in [0.717, 1.165) is 16.6 Å². The third-order valence-electron chi connectivity index (χ3n) is 3.94. The van der Waals surface area contributed by atoms with E-state index in [4.69, 9.17) is 0 Å². The molecule has 0 radical (unpaired) electrons. The largest absolute Gasteiger partial charge is 0.292 e. The molecular weight excluding hydrogens is 346 g/mol. The lowest BCUT2D eigenvalue weighted by molar-refractivity contribution is 0.0816. The fraction of sp³-hybridized carbons (Fsp3) is 0.353. The highest BCUT2D eigenvalue weighted by molar-refractivity contribution is 9.10. The van der Waals surface area contributed by atoms with Crippen molar-refractivity contribution >= 4 is 33.0 Å². The molecule has 3 rings (SSSR count). The zero-order valence-electron chi connectivity index (χ0n) is 12.0. The third kappa shape index (κ3) is 3.62. The van der Waals surface area contributed by atoms with Crippen LogP contribution in [0.5, 0.6) is 0 Å². The normalized spacial score (nSPS) is 16.1. The van der Waals surface area contributed by atoms with Gasteiger partial charge in [0.05, 0.1) is 6.04 Å². The van der Waals surface area contributed by atoms with Crippen molar-refractivity contribution in [1.29, 1.82) is 0 Å². The fourth-order valence-corrected chi connectivity index (χ4v) is 3.55. The first-order chi connectivity index (χ1) is 10.1. The van der Waals surface area contributed by atoms with Gasteiger partial charge in [0.25, 0.3) is 0 Å². The molecule has 0 saturated heterocycles. The number of rotatable bonds is 6. The fourth-order valence-electron chi connectivity index (χ4n) is 2.58. The molecule has 1 saturated carbocycles. The van der Waals surface area contributed by atoms with Crippen molar-refractivity contribution in [3.8, 4) is 0 Å². The van der Waals surface area contributed by atoms with Gasteiger partial charge in [-0.3, -0.25) is 9.69 Å². The van der Waals surface area contributed by atoms with Crippen molar-refractivity contribution in [3.05, 3.63) is 56.7 Å². The van der Waals surface area contributed by atoms with E-state index in [1.165, 1.54) is 17.7 Å². The van der Waals surface area contributed by atoms with Gasteiger partial charge in [0, 0.05) is 27.5 Å². The van der Waals surface area contributed by atoms with Gasteiger partial charge in [0.1, 0.15) is 0 Å². The Bertz CT molecular complexity index is 604. The van der Waals surface area contributed by atoms with E-state index in [0.29, 0.717) is 6.04 Å². The van der Waals surface area contributed by atoms with Gasteiger partial charge in [-0.05, 0) is 43.3 Å². The highest BCUT2D eigenvalue weighted by Crippen LogP contribution is 2.32. The van der Waals surface area contributed by atoms with Crippen LogP contribution < -0.4 is 0 Å². The molecule has 1 heterocycles. The summed E-state index contributed by atoms with van der Waals surface area (Å²) >= 11 is 5.18. The Hall–Kier alpha value is -0.970. The van der Waals surface area contributed by atoms with Gasteiger partial charge < -0.3 is 0 Å². The van der Waals surface area contributed by atoms with E-state index in [-0.39, 0.29) is 11.8 Å². The number of Topliss-reactive ketones (excluding diaryl/α,β-unsaturated/α-hetero) is 1. The second kappa shape index (κ2) is 6.42. The number of hydrogen-bond acceptors (Lipinski definition) is 3. The van der Waals surface area contributed by atoms with Crippen LogP contribution >= 0.6 is 27.3 Å². The third-order valence-corrected chi connectivity index (χ3v) is 5.33. The molecular formula is C17H18BrNOS. The van der Waals surface area contributed by atoms with Crippen LogP contribution in [-0.2, 0) is 6.54 Å². The molecule has 110 valence electrons. The minimum atomic E-state index is -0.0687. The summed E-state index contributed by atoms with van der Waals surface area (Å²) in [6.45, 7) is 2.92. The Kier molecular flexibility index (Phi) is 4.57. The molecule has 0 N–H and O–H groups in total. The monoisotopic (exact) mass is 363 g/mol. The van der Waals surface area contributed by atoms with Gasteiger partial charge in [-0.1, -0.05) is 34.1 Å². The van der Waals surface area contributed by atoms with E-state index in [9.17, 15) is 4.79 Å². The van der Waals surface area contributed by atoms with Crippen molar-refractivity contribution in [2.24, 2.45) is 0 Å². The molecule has 2 nitrogen and oxygen atoms in total. The minimum Gasteiger partial charge on any atom is -0.292 e. The molecule has 21 heavy (non-hydrogen) atoms. The minimum absolute atomic E-state index is 0.0687. The highest BCUT2D eigenvalue weighted by atomic mass is 79.9. The van der Waals surface area contributed by atoms with Crippen LogP contribution in [0.4, 0.5) is 0 Å². The molecule has 0 bridgehead atoms. The summed E-state index contributed by atoms with van der Waals surface area (Å²) in [4.78, 5) is 16.4. The Balaban J connectivity index is 1.75. The summed E-state index contributed by atoms with van der Waals surface area (Å²) in [5, 5.41) is 2.10. The van der Waals surface area contributed by atoms with Gasteiger partial charge in [-0.2, -0.15) is 0 Å². The Morgan fingerprint density at radius 3 is 2.62 bits per heavy atom. The van der Waals surface area contributed by atoms with Crippen LogP contribution in [0.15, 0.2) is 46.3 Å². The summed E-state index contributed by atoms with van der Waals surface area (Å²) in [5.74, 6) is 0.214. The lowest BCUT2D eigenvalue weighted by Gasteiger charge is -2.27. The zero-order chi connectivity index (χ0) is 14.8. The first-order valence-electron chi connectivity index (χ1n) is 7.23. The second-order valence-electron chi connectivity index (χ2n) is 5.53. The summed E-state index contributed by atoms with van der Waals surface area (Å²) in [6.07, 6.45) is 2.42. The zero-order valence-corrected chi connectivity index (χ0v) is 14.4. The average molecular weight is 364 g/mol. The molecule has 1 aromatic carbocycles. The van der Waals surface area contributed by atoms with Crippen LogP contribution in [0.2, 0.25) is 0 Å². The molecule has 0 aliphatic heterocycles. The average Bonchev–Trinajstić information content (AvgIpc) is 3.20. The molecule has 1 fully saturated rings. The number of thiophene rings is 1. The molecule has 0 amide bonds. The van der Waals surface area contributed by atoms with E-state index >= 15 is 0 Å². The van der Waals surface area contributed by atoms with Gasteiger partial charge in [0.2, 0.25) is 0 Å². The lowest BCUT2D eigenvalue weighted by atomic mass is 10.0. The Morgan fingerprint density at radius 2 is 2.05 bits per heavy atom. The van der Waals surface area contributed by atoms with Crippen molar-refractivity contribution < 1.29 is 4.79 Å². The van der Waals surface area contributed by atoms with Crippen LogP contribution in [0.1, 0.15) is 35.0 Å². The molecule has 1 aliphatic carbocycles. The molecule has 1 atom stereocenters. The van der Waals surface area contributed by atoms with Gasteiger partial charge >= 0.3 is 0 Å². The smallest absolute Gasteiger partial charge is 0.179 e. The van der Waals surface area contributed by atoms with Crippen LogP contribution in [0.3, 0.4) is 0 Å². The van der Waals surface area contributed by atoms with E-state index in [2.05, 4.69) is 38.3 Å². The first-order valence-corrected chi connectivity index (χ1v) is 8.90. The summed E-state index contributed by atoms with van der Waals surface area (Å²) < 4.78 is 1.00. The molecule has 1 aliphatic rings. The second-order valence-corrected chi connectivity index (χ2v) is 7.48. The molecule has 1 unspecified atom stereocenters. The maximum atomic E-state index is 12.7. The summed E-state index contributed by atoms with van der Waals surface area (Å²) in [6, 6.07) is 12.4. The summed E-state index contributed by atoms with van der Waals surface area (Å²) in [7, 11) is 0. The molecule has 0 spiro atoms. The molecule has 1 aromatic heterocycles. The Morgan fingerprint density at radius 1 is 1.33 bits per heavy atom.